The third-order valence-electron chi connectivity index (χ3n) is 4.47. The van der Waals surface area contributed by atoms with Crippen LogP contribution >= 0.6 is 0 Å². The number of amides is 2. The predicted molar refractivity (Wildman–Crippen MR) is 97.1 cm³/mol. The molecule has 1 aliphatic rings. The number of rotatable bonds is 5. The van der Waals surface area contributed by atoms with Gasteiger partial charge in [0.2, 0.25) is 17.8 Å². The number of hydrogen-bond donors (Lipinski definition) is 2. The molecule has 1 aromatic carbocycles. The summed E-state index contributed by atoms with van der Waals surface area (Å²) in [6.07, 6.45) is 5.87. The van der Waals surface area contributed by atoms with Gasteiger partial charge in [-0.2, -0.15) is 0 Å². The molecule has 1 fully saturated rings. The summed E-state index contributed by atoms with van der Waals surface area (Å²) in [5.41, 5.74) is 6.66. The second-order valence-electron chi connectivity index (χ2n) is 6.44. The maximum atomic E-state index is 12.4. The Balaban J connectivity index is 1.55. The quantitative estimate of drug-likeness (QED) is 0.840. The molecule has 1 aliphatic heterocycles. The number of nitrogens with two attached hydrogens (primary N) is 1. The number of carbonyl (C=O) groups is 2. The van der Waals surface area contributed by atoms with Gasteiger partial charge in [0.15, 0.2) is 0 Å². The summed E-state index contributed by atoms with van der Waals surface area (Å²) in [5, 5.41) is 6.75. The van der Waals surface area contributed by atoms with Gasteiger partial charge in [0.25, 0.3) is 0 Å². The Morgan fingerprint density at radius 2 is 1.81 bits per heavy atom. The van der Waals surface area contributed by atoms with Crippen molar-refractivity contribution in [3.8, 4) is 0 Å². The first kappa shape index (κ1) is 18.1. The molecule has 0 radical (unpaired) electrons. The molecule has 1 aromatic heterocycles. The van der Waals surface area contributed by atoms with Crippen LogP contribution in [0.3, 0.4) is 0 Å². The molecule has 1 atom stereocenters. The minimum absolute atomic E-state index is 0.0238. The molecule has 3 N–H and O–H groups in total. The van der Waals surface area contributed by atoms with Gasteiger partial charge in [-0.1, -0.05) is 43.2 Å². The molecular weight excluding hydrogens is 332 g/mol. The monoisotopic (exact) mass is 356 g/mol. The zero-order valence-corrected chi connectivity index (χ0v) is 14.7. The molecule has 0 saturated carbocycles. The van der Waals surface area contributed by atoms with E-state index in [1.807, 2.05) is 23.1 Å². The molecule has 8 nitrogen and oxygen atoms in total. The molecule has 2 heterocycles. The molecule has 8 heteroatoms. The highest BCUT2D eigenvalue weighted by atomic mass is 16.2. The van der Waals surface area contributed by atoms with Crippen LogP contribution in [0.1, 0.15) is 37.3 Å². The summed E-state index contributed by atoms with van der Waals surface area (Å²) in [7, 11) is 0. The van der Waals surface area contributed by atoms with Gasteiger partial charge in [-0.25, -0.2) is 9.67 Å². The van der Waals surface area contributed by atoms with E-state index in [9.17, 15) is 9.59 Å². The summed E-state index contributed by atoms with van der Waals surface area (Å²) < 4.78 is 1.44. The van der Waals surface area contributed by atoms with Crippen LogP contribution in [0.5, 0.6) is 0 Å². The Morgan fingerprint density at radius 1 is 1.12 bits per heavy atom. The lowest BCUT2D eigenvalue weighted by molar-refractivity contribution is -0.132. The van der Waals surface area contributed by atoms with Crippen LogP contribution in [0.4, 0.5) is 5.95 Å². The Bertz CT molecular complexity index is 737. The largest absolute Gasteiger partial charge is 0.341 e. The first-order chi connectivity index (χ1) is 12.6. The van der Waals surface area contributed by atoms with E-state index in [1.54, 1.807) is 12.1 Å². The Morgan fingerprint density at radius 3 is 2.50 bits per heavy atom. The zero-order chi connectivity index (χ0) is 18.4. The second-order valence-corrected chi connectivity index (χ2v) is 6.44. The van der Waals surface area contributed by atoms with Gasteiger partial charge in [-0.15, -0.1) is 5.10 Å². The fourth-order valence-corrected chi connectivity index (χ4v) is 2.99. The molecular formula is C18H24N6O2. The highest BCUT2D eigenvalue weighted by molar-refractivity contribution is 5.93. The van der Waals surface area contributed by atoms with Crippen molar-refractivity contribution in [2.24, 2.45) is 5.73 Å². The fourth-order valence-electron chi connectivity index (χ4n) is 2.99. The molecule has 2 aromatic rings. The average Bonchev–Trinajstić information content (AvgIpc) is 2.92. The molecule has 1 saturated heterocycles. The minimum Gasteiger partial charge on any atom is -0.341 e. The molecule has 0 aliphatic carbocycles. The summed E-state index contributed by atoms with van der Waals surface area (Å²) in [4.78, 5) is 30.5. The predicted octanol–water partition coefficient (Wildman–Crippen LogP) is 1.32. The van der Waals surface area contributed by atoms with Crippen LogP contribution in [0, 0.1) is 0 Å². The van der Waals surface area contributed by atoms with Gasteiger partial charge in [0, 0.05) is 13.1 Å². The Labute approximate surface area is 152 Å². The van der Waals surface area contributed by atoms with Crippen molar-refractivity contribution in [2.45, 2.75) is 38.3 Å². The SMILES string of the molecule is NC(C(=O)Nc1ncn(CC(=O)N2CCCCCC2)n1)c1ccccc1. The standard InChI is InChI=1S/C18H24N6O2/c19-16(14-8-4-3-5-9-14)17(26)21-18-20-13-24(22-18)12-15(25)23-10-6-1-2-7-11-23/h3-5,8-9,13,16H,1-2,6-7,10-12,19H2,(H,21,22,26). The van der Waals surface area contributed by atoms with E-state index in [0.29, 0.717) is 5.56 Å². The summed E-state index contributed by atoms with van der Waals surface area (Å²) in [6, 6.07) is 8.28. The van der Waals surface area contributed by atoms with Gasteiger partial charge in [0.1, 0.15) is 18.9 Å². The van der Waals surface area contributed by atoms with Crippen LogP contribution < -0.4 is 11.1 Å². The van der Waals surface area contributed by atoms with Crippen LogP contribution in [-0.4, -0.2) is 44.6 Å². The number of carbonyl (C=O) groups excluding carboxylic acids is 2. The minimum atomic E-state index is -0.804. The van der Waals surface area contributed by atoms with Crippen LogP contribution in [0.25, 0.3) is 0 Å². The normalized spacial score (nSPS) is 16.0. The molecule has 0 bridgehead atoms. The van der Waals surface area contributed by atoms with E-state index in [-0.39, 0.29) is 18.4 Å². The number of nitrogens with one attached hydrogen (secondary N) is 1. The smallest absolute Gasteiger partial charge is 0.248 e. The van der Waals surface area contributed by atoms with Crippen LogP contribution in [-0.2, 0) is 16.1 Å². The van der Waals surface area contributed by atoms with Crippen molar-refractivity contribution < 1.29 is 9.59 Å². The maximum absolute atomic E-state index is 12.4. The number of hydrogen-bond acceptors (Lipinski definition) is 5. The number of nitrogens with zero attached hydrogens (tertiary/aromatic N) is 4. The molecule has 2 amide bonds. The molecule has 26 heavy (non-hydrogen) atoms. The van der Waals surface area contributed by atoms with E-state index in [4.69, 9.17) is 5.73 Å². The van der Waals surface area contributed by atoms with Crippen molar-refractivity contribution in [1.82, 2.24) is 19.7 Å². The van der Waals surface area contributed by atoms with Gasteiger partial charge in [0.05, 0.1) is 0 Å². The van der Waals surface area contributed by atoms with Crippen molar-refractivity contribution >= 4 is 17.8 Å². The number of aromatic nitrogens is 3. The topological polar surface area (TPSA) is 106 Å². The summed E-state index contributed by atoms with van der Waals surface area (Å²) >= 11 is 0. The van der Waals surface area contributed by atoms with Crippen molar-refractivity contribution in [3.63, 3.8) is 0 Å². The Hall–Kier alpha value is -2.74. The first-order valence-electron chi connectivity index (χ1n) is 8.92. The lowest BCUT2D eigenvalue weighted by Gasteiger charge is -2.19. The van der Waals surface area contributed by atoms with Crippen molar-refractivity contribution in [1.29, 1.82) is 0 Å². The van der Waals surface area contributed by atoms with Gasteiger partial charge >= 0.3 is 0 Å². The third kappa shape index (κ3) is 4.66. The maximum Gasteiger partial charge on any atom is 0.248 e. The van der Waals surface area contributed by atoms with Gasteiger partial charge in [-0.3, -0.25) is 14.9 Å². The van der Waals surface area contributed by atoms with E-state index in [0.717, 1.165) is 25.9 Å². The highest BCUT2D eigenvalue weighted by Crippen LogP contribution is 2.12. The number of benzene rings is 1. The zero-order valence-electron chi connectivity index (χ0n) is 14.7. The van der Waals surface area contributed by atoms with E-state index in [2.05, 4.69) is 15.4 Å². The fraction of sp³-hybridized carbons (Fsp3) is 0.444. The first-order valence-corrected chi connectivity index (χ1v) is 8.92. The van der Waals surface area contributed by atoms with Crippen LogP contribution in [0.2, 0.25) is 0 Å². The lowest BCUT2D eigenvalue weighted by Crippen LogP contribution is -2.34. The summed E-state index contributed by atoms with van der Waals surface area (Å²) in [5.74, 6) is -0.228. The average molecular weight is 356 g/mol. The van der Waals surface area contributed by atoms with Gasteiger partial charge in [-0.05, 0) is 18.4 Å². The molecule has 138 valence electrons. The lowest BCUT2D eigenvalue weighted by atomic mass is 10.1. The van der Waals surface area contributed by atoms with Crippen molar-refractivity contribution in [3.05, 3.63) is 42.2 Å². The van der Waals surface area contributed by atoms with E-state index in [1.165, 1.54) is 23.9 Å². The molecule has 1 unspecified atom stereocenters. The third-order valence-corrected chi connectivity index (χ3v) is 4.47. The highest BCUT2D eigenvalue weighted by Gasteiger charge is 2.19. The number of anilines is 1. The summed E-state index contributed by atoms with van der Waals surface area (Å²) in [6.45, 7) is 1.71. The second kappa shape index (κ2) is 8.57. The van der Waals surface area contributed by atoms with Crippen LogP contribution in [0.15, 0.2) is 36.7 Å². The van der Waals surface area contributed by atoms with E-state index >= 15 is 0 Å². The number of likely N-dealkylation sites (tertiary alicyclic amines) is 1. The van der Waals surface area contributed by atoms with E-state index < -0.39 is 11.9 Å². The molecule has 3 rings (SSSR count). The van der Waals surface area contributed by atoms with Crippen molar-refractivity contribution in [2.75, 3.05) is 18.4 Å². The Kier molecular flexibility index (Phi) is 5.96. The molecule has 0 spiro atoms. The van der Waals surface area contributed by atoms with Gasteiger partial charge < -0.3 is 10.6 Å².